The molecule has 1 aliphatic rings. The van der Waals surface area contributed by atoms with Gasteiger partial charge in [-0.05, 0) is 48.5 Å². The molecule has 1 atom stereocenters. The molecule has 0 bridgehead atoms. The van der Waals surface area contributed by atoms with Crippen LogP contribution in [0.15, 0.2) is 73.1 Å². The van der Waals surface area contributed by atoms with Crippen LogP contribution in [0.1, 0.15) is 22.3 Å². The van der Waals surface area contributed by atoms with Crippen molar-refractivity contribution in [3.63, 3.8) is 0 Å². The third-order valence-electron chi connectivity index (χ3n) is 5.19. The predicted octanol–water partition coefficient (Wildman–Crippen LogP) is 5.26. The first-order valence-electron chi connectivity index (χ1n) is 10.4. The fourth-order valence-corrected chi connectivity index (χ4v) is 3.81. The number of pyridine rings is 1. The third kappa shape index (κ3) is 5.21. The van der Waals surface area contributed by atoms with Crippen molar-refractivity contribution < 1.29 is 14.3 Å². The van der Waals surface area contributed by atoms with Crippen LogP contribution in [-0.4, -0.2) is 37.2 Å². The number of rotatable bonds is 7. The normalized spacial score (nSPS) is 15.7. The highest BCUT2D eigenvalue weighted by atomic mass is 35.5. The van der Waals surface area contributed by atoms with E-state index < -0.39 is 0 Å². The molecule has 1 fully saturated rings. The van der Waals surface area contributed by atoms with Gasteiger partial charge in [0, 0.05) is 41.7 Å². The van der Waals surface area contributed by atoms with Gasteiger partial charge < -0.3 is 19.7 Å². The fourth-order valence-electron chi connectivity index (χ4n) is 3.64. The predicted molar refractivity (Wildman–Crippen MR) is 127 cm³/mol. The molecule has 0 aliphatic carbocycles. The highest BCUT2D eigenvalue weighted by molar-refractivity contribution is 6.31. The van der Waals surface area contributed by atoms with E-state index in [0.29, 0.717) is 23.0 Å². The largest absolute Gasteiger partial charge is 0.504 e. The number of ether oxygens (including phenoxy) is 2. The van der Waals surface area contributed by atoms with Crippen molar-refractivity contribution in [3.05, 3.63) is 89.3 Å². The monoisotopic (exact) mass is 449 g/mol. The average molecular weight is 450 g/mol. The smallest absolute Gasteiger partial charge is 0.255 e. The minimum absolute atomic E-state index is 0.0253. The number of hydrogen-bond donors (Lipinski definition) is 1. The van der Waals surface area contributed by atoms with Gasteiger partial charge in [-0.25, -0.2) is 4.98 Å². The molecule has 2 aromatic carbocycles. The first-order valence-corrected chi connectivity index (χ1v) is 10.7. The maximum atomic E-state index is 12.7. The van der Waals surface area contributed by atoms with Crippen LogP contribution in [0.5, 0.6) is 5.88 Å². The summed E-state index contributed by atoms with van der Waals surface area (Å²) in [6, 6.07) is 18.6. The lowest BCUT2D eigenvalue weighted by Crippen LogP contribution is -2.25. The molecule has 2 heterocycles. The van der Waals surface area contributed by atoms with Gasteiger partial charge in [-0.15, -0.1) is 0 Å². The highest BCUT2D eigenvalue weighted by Crippen LogP contribution is 2.30. The molecule has 3 aromatic rings. The minimum Gasteiger partial charge on any atom is -0.504 e. The van der Waals surface area contributed by atoms with E-state index in [4.69, 9.17) is 21.1 Å². The molecule has 1 aliphatic heterocycles. The molecule has 6 nitrogen and oxygen atoms in total. The summed E-state index contributed by atoms with van der Waals surface area (Å²) >= 11 is 6.18. The van der Waals surface area contributed by atoms with Gasteiger partial charge >= 0.3 is 0 Å². The van der Waals surface area contributed by atoms with Gasteiger partial charge in [0.05, 0.1) is 19.9 Å². The maximum Gasteiger partial charge on any atom is 0.255 e. The van der Waals surface area contributed by atoms with Gasteiger partial charge in [0.1, 0.15) is 11.1 Å². The summed E-state index contributed by atoms with van der Waals surface area (Å²) in [6.45, 7) is 1.51. The molecular formula is C25H24ClN3O3. The molecule has 164 valence electrons. The van der Waals surface area contributed by atoms with Crippen LogP contribution in [0.3, 0.4) is 0 Å². The number of carbonyl (C=O) groups excluding carboxylic acids is 1. The van der Waals surface area contributed by atoms with E-state index in [1.807, 2.05) is 54.6 Å². The van der Waals surface area contributed by atoms with E-state index in [9.17, 15) is 4.79 Å². The van der Waals surface area contributed by atoms with E-state index in [-0.39, 0.29) is 12.0 Å². The van der Waals surface area contributed by atoms with Crippen molar-refractivity contribution in [1.82, 2.24) is 4.98 Å². The van der Waals surface area contributed by atoms with Crippen LogP contribution in [0, 0.1) is 0 Å². The Morgan fingerprint density at radius 2 is 2.03 bits per heavy atom. The first kappa shape index (κ1) is 21.7. The van der Waals surface area contributed by atoms with E-state index in [1.165, 1.54) is 0 Å². The molecule has 1 aromatic heterocycles. The highest BCUT2D eigenvalue weighted by Gasteiger charge is 2.26. The van der Waals surface area contributed by atoms with Crippen LogP contribution in [0.25, 0.3) is 6.08 Å². The van der Waals surface area contributed by atoms with Crippen LogP contribution in [-0.2, 0) is 4.74 Å². The van der Waals surface area contributed by atoms with E-state index in [2.05, 4.69) is 15.2 Å². The first-order chi connectivity index (χ1) is 15.6. The molecule has 0 saturated carbocycles. The summed E-state index contributed by atoms with van der Waals surface area (Å²) in [5.74, 6) is 0.288. The lowest BCUT2D eigenvalue weighted by molar-refractivity contribution is 0.102. The number of halogens is 1. The third-order valence-corrected chi connectivity index (χ3v) is 5.48. The molecule has 1 amide bonds. The minimum atomic E-state index is -0.165. The van der Waals surface area contributed by atoms with Crippen molar-refractivity contribution in [2.24, 2.45) is 0 Å². The zero-order valence-electron chi connectivity index (χ0n) is 17.7. The lowest BCUT2D eigenvalue weighted by atomic mass is 10.1. The Labute approximate surface area is 192 Å². The molecule has 1 unspecified atom stereocenters. The Balaban J connectivity index is 1.51. The van der Waals surface area contributed by atoms with Crippen LogP contribution in [0.2, 0.25) is 5.02 Å². The van der Waals surface area contributed by atoms with E-state index in [0.717, 1.165) is 29.9 Å². The van der Waals surface area contributed by atoms with Crippen molar-refractivity contribution in [3.8, 4) is 5.88 Å². The van der Waals surface area contributed by atoms with Crippen LogP contribution in [0.4, 0.5) is 11.4 Å². The standard InChI is InChI=1S/C25H24ClN3O3/c1-31-15-12-18-16-19(24(30)28-20-6-3-2-4-7-20)9-10-23(18)29-14-11-21(17-29)32-25-22(26)8-5-13-27-25/h2-10,12-13,15-16,21H,11,14,17H2,1H3,(H,28,30)/b15-12-. The number of amides is 1. The Bertz CT molecular complexity index is 1100. The van der Waals surface area contributed by atoms with Gasteiger partial charge in [0.2, 0.25) is 5.88 Å². The second-order valence-electron chi connectivity index (χ2n) is 7.40. The number of anilines is 2. The Morgan fingerprint density at radius 3 is 2.81 bits per heavy atom. The Morgan fingerprint density at radius 1 is 1.19 bits per heavy atom. The molecule has 0 radical (unpaired) electrons. The Kier molecular flexibility index (Phi) is 6.92. The quantitative estimate of drug-likeness (QED) is 0.498. The summed E-state index contributed by atoms with van der Waals surface area (Å²) in [4.78, 5) is 19.2. The van der Waals surface area contributed by atoms with Gasteiger partial charge in [0.15, 0.2) is 0 Å². The summed E-state index contributed by atoms with van der Waals surface area (Å²) in [5.41, 5.74) is 3.22. The van der Waals surface area contributed by atoms with Gasteiger partial charge in [-0.3, -0.25) is 4.79 Å². The lowest BCUT2D eigenvalue weighted by Gasteiger charge is -2.22. The fraction of sp³-hybridized carbons (Fsp3) is 0.200. The molecule has 0 spiro atoms. The number of carbonyl (C=O) groups is 1. The maximum absolute atomic E-state index is 12.7. The zero-order chi connectivity index (χ0) is 22.3. The van der Waals surface area contributed by atoms with Crippen molar-refractivity contribution in [2.75, 3.05) is 30.4 Å². The second kappa shape index (κ2) is 10.2. The van der Waals surface area contributed by atoms with E-state index in [1.54, 1.807) is 31.7 Å². The number of para-hydroxylation sites is 1. The van der Waals surface area contributed by atoms with Crippen LogP contribution < -0.4 is 15.0 Å². The van der Waals surface area contributed by atoms with Crippen molar-refractivity contribution >= 4 is 35.0 Å². The number of benzene rings is 2. The SMILES string of the molecule is CO/C=C\c1cc(C(=O)Nc2ccccc2)ccc1N1CCC(Oc2ncccc2Cl)C1. The number of nitrogens with zero attached hydrogens (tertiary/aromatic N) is 2. The number of hydrogen-bond acceptors (Lipinski definition) is 5. The summed E-state index contributed by atoms with van der Waals surface area (Å²) in [7, 11) is 1.60. The molecule has 7 heteroatoms. The van der Waals surface area contributed by atoms with Gasteiger partial charge in [-0.2, -0.15) is 0 Å². The molecule has 1 N–H and O–H groups in total. The second-order valence-corrected chi connectivity index (χ2v) is 7.80. The van der Waals surface area contributed by atoms with E-state index >= 15 is 0 Å². The summed E-state index contributed by atoms with van der Waals surface area (Å²) in [5, 5.41) is 3.43. The molecule has 32 heavy (non-hydrogen) atoms. The molecule has 4 rings (SSSR count). The van der Waals surface area contributed by atoms with Gasteiger partial charge in [-0.1, -0.05) is 29.8 Å². The Hall–Kier alpha value is -3.51. The average Bonchev–Trinajstić information content (AvgIpc) is 3.28. The number of aromatic nitrogens is 1. The molecule has 1 saturated heterocycles. The van der Waals surface area contributed by atoms with Crippen LogP contribution >= 0.6 is 11.6 Å². The van der Waals surface area contributed by atoms with Crippen molar-refractivity contribution in [2.45, 2.75) is 12.5 Å². The summed E-state index contributed by atoms with van der Waals surface area (Å²) < 4.78 is 11.1. The topological polar surface area (TPSA) is 63.7 Å². The molecular weight excluding hydrogens is 426 g/mol. The summed E-state index contributed by atoms with van der Waals surface area (Å²) in [6.07, 6.45) is 5.95. The zero-order valence-corrected chi connectivity index (χ0v) is 18.5. The number of nitrogens with one attached hydrogen (secondary N) is 1. The van der Waals surface area contributed by atoms with Gasteiger partial charge in [0.25, 0.3) is 5.91 Å². The number of methoxy groups -OCH3 is 1. The van der Waals surface area contributed by atoms with Crippen molar-refractivity contribution in [1.29, 1.82) is 0 Å².